The predicted molar refractivity (Wildman–Crippen MR) is 96.5 cm³/mol. The molecule has 2 N–H and O–H groups in total. The van der Waals surface area contributed by atoms with Crippen LogP contribution in [-0.4, -0.2) is 24.0 Å². The Balaban J connectivity index is 3.04. The molecule has 0 aliphatic rings. The summed E-state index contributed by atoms with van der Waals surface area (Å²) in [7, 11) is 0. The van der Waals surface area contributed by atoms with Gasteiger partial charge in [0.2, 0.25) is 0 Å². The van der Waals surface area contributed by atoms with Crippen molar-refractivity contribution in [3.63, 3.8) is 0 Å². The average Bonchev–Trinajstić information content (AvgIpc) is 2.51. The Morgan fingerprint density at radius 3 is 2.10 bits per heavy atom. The van der Waals surface area contributed by atoms with Gasteiger partial charge < -0.3 is 5.73 Å². The second-order valence-corrected chi connectivity index (χ2v) is 6.64. The first kappa shape index (κ1) is 18.7. The Bertz CT molecular complexity index is 387. The molecule has 0 bridgehead atoms. The van der Waals surface area contributed by atoms with E-state index in [-0.39, 0.29) is 6.04 Å². The topological polar surface area (TPSA) is 29.3 Å². The van der Waals surface area contributed by atoms with Gasteiger partial charge in [-0.1, -0.05) is 67.7 Å². The molecule has 1 rings (SSSR count). The van der Waals surface area contributed by atoms with E-state index in [1.54, 1.807) is 0 Å². The van der Waals surface area contributed by atoms with Gasteiger partial charge in [-0.2, -0.15) is 0 Å². The third kappa shape index (κ3) is 5.72. The molecule has 3 heteroatoms. The summed E-state index contributed by atoms with van der Waals surface area (Å²) < 4.78 is 1.18. The summed E-state index contributed by atoms with van der Waals surface area (Å²) in [6.07, 6.45) is 5.93. The summed E-state index contributed by atoms with van der Waals surface area (Å²) in [4.78, 5) is 2.60. The molecule has 0 saturated heterocycles. The van der Waals surface area contributed by atoms with Crippen LogP contribution in [0.2, 0.25) is 0 Å². The molecule has 0 spiro atoms. The Hall–Kier alpha value is -0.380. The van der Waals surface area contributed by atoms with Gasteiger partial charge in [0.05, 0.1) is 6.04 Å². The maximum Gasteiger partial charge on any atom is 0.0510 e. The van der Waals surface area contributed by atoms with Crippen LogP contribution >= 0.6 is 15.9 Å². The molecule has 0 amide bonds. The van der Waals surface area contributed by atoms with Gasteiger partial charge >= 0.3 is 0 Å². The van der Waals surface area contributed by atoms with Gasteiger partial charge in [0, 0.05) is 10.5 Å². The molecule has 0 heterocycles. The minimum Gasteiger partial charge on any atom is -0.326 e. The Kier molecular flexibility index (Phi) is 9.21. The lowest BCUT2D eigenvalue weighted by Gasteiger charge is -2.36. The summed E-state index contributed by atoms with van der Waals surface area (Å²) in [5.41, 5.74) is 7.83. The molecule has 0 fully saturated rings. The highest BCUT2D eigenvalue weighted by Crippen LogP contribution is 2.31. The second kappa shape index (κ2) is 10.4. The van der Waals surface area contributed by atoms with Gasteiger partial charge in [-0.3, -0.25) is 4.90 Å². The fourth-order valence-corrected chi connectivity index (χ4v) is 3.27. The van der Waals surface area contributed by atoms with E-state index in [4.69, 9.17) is 5.73 Å². The van der Waals surface area contributed by atoms with Crippen molar-refractivity contribution < 1.29 is 0 Å². The van der Waals surface area contributed by atoms with Crippen molar-refractivity contribution in [3.05, 3.63) is 34.3 Å². The summed E-state index contributed by atoms with van der Waals surface area (Å²) >= 11 is 3.72. The molecule has 120 valence electrons. The lowest BCUT2D eigenvalue weighted by atomic mass is 9.95. The van der Waals surface area contributed by atoms with Crippen molar-refractivity contribution >= 4 is 15.9 Å². The smallest absolute Gasteiger partial charge is 0.0510 e. The lowest BCUT2D eigenvalue weighted by Crippen LogP contribution is -2.42. The van der Waals surface area contributed by atoms with E-state index in [9.17, 15) is 0 Å². The molecule has 0 aliphatic heterocycles. The fraction of sp³-hybridized carbons (Fsp3) is 0.667. The summed E-state index contributed by atoms with van der Waals surface area (Å²) in [6.45, 7) is 8.97. The number of nitrogens with two attached hydrogens (primary N) is 1. The van der Waals surface area contributed by atoms with Crippen LogP contribution in [0.15, 0.2) is 28.7 Å². The zero-order chi connectivity index (χ0) is 15.7. The lowest BCUT2D eigenvalue weighted by molar-refractivity contribution is 0.163. The molecule has 21 heavy (non-hydrogen) atoms. The molecular weight excluding hydrogens is 324 g/mol. The molecule has 0 saturated carbocycles. The molecular formula is C18H31BrN2. The van der Waals surface area contributed by atoms with Gasteiger partial charge in [0.1, 0.15) is 0 Å². The summed E-state index contributed by atoms with van der Waals surface area (Å²) in [5, 5.41) is 0. The third-order valence-electron chi connectivity index (χ3n) is 4.09. The van der Waals surface area contributed by atoms with Gasteiger partial charge in [0.25, 0.3) is 0 Å². The van der Waals surface area contributed by atoms with Crippen molar-refractivity contribution in [1.29, 1.82) is 0 Å². The zero-order valence-electron chi connectivity index (χ0n) is 13.8. The molecule has 2 unspecified atom stereocenters. The van der Waals surface area contributed by atoms with Gasteiger partial charge in [-0.25, -0.2) is 0 Å². The van der Waals surface area contributed by atoms with Crippen LogP contribution in [0.1, 0.15) is 64.5 Å². The zero-order valence-corrected chi connectivity index (χ0v) is 15.4. The van der Waals surface area contributed by atoms with Crippen molar-refractivity contribution in [3.8, 4) is 0 Å². The Morgan fingerprint density at radius 1 is 1.05 bits per heavy atom. The van der Waals surface area contributed by atoms with Gasteiger partial charge in [-0.05, 0) is 44.0 Å². The molecule has 0 aliphatic carbocycles. The molecule has 2 nitrogen and oxygen atoms in total. The Morgan fingerprint density at radius 2 is 1.62 bits per heavy atom. The highest BCUT2D eigenvalue weighted by atomic mass is 79.9. The minimum atomic E-state index is 0.178. The monoisotopic (exact) mass is 354 g/mol. The summed E-state index contributed by atoms with van der Waals surface area (Å²) in [5.74, 6) is 0. The van der Waals surface area contributed by atoms with Gasteiger partial charge in [0.15, 0.2) is 0 Å². The normalized spacial score (nSPS) is 14.4. The average molecular weight is 355 g/mol. The number of rotatable bonds is 10. The maximum atomic E-state index is 6.50. The molecule has 0 aromatic heterocycles. The van der Waals surface area contributed by atoms with E-state index < -0.39 is 0 Å². The minimum absolute atomic E-state index is 0.178. The van der Waals surface area contributed by atoms with Crippen LogP contribution < -0.4 is 5.73 Å². The SMILES string of the molecule is CCCCN(CCCC)C(c1ccccc1Br)C(N)CC. The van der Waals surface area contributed by atoms with Crippen molar-refractivity contribution in [2.75, 3.05) is 13.1 Å². The highest BCUT2D eigenvalue weighted by molar-refractivity contribution is 9.10. The van der Waals surface area contributed by atoms with E-state index in [0.29, 0.717) is 6.04 Å². The van der Waals surface area contributed by atoms with E-state index in [1.165, 1.54) is 35.7 Å². The molecule has 2 atom stereocenters. The van der Waals surface area contributed by atoms with E-state index in [1.807, 2.05) is 0 Å². The third-order valence-corrected chi connectivity index (χ3v) is 4.81. The van der Waals surface area contributed by atoms with Crippen LogP contribution in [0.25, 0.3) is 0 Å². The van der Waals surface area contributed by atoms with Crippen LogP contribution in [-0.2, 0) is 0 Å². The standard InChI is InChI=1S/C18H31BrN2/c1-4-7-13-21(14-8-5-2)18(17(20)6-3)15-11-9-10-12-16(15)19/h9-12,17-18H,4-8,13-14,20H2,1-3H3. The molecule has 1 aromatic rings. The molecule has 0 radical (unpaired) electrons. The number of halogens is 1. The number of unbranched alkanes of at least 4 members (excludes halogenated alkanes) is 2. The first-order valence-electron chi connectivity index (χ1n) is 8.39. The highest BCUT2D eigenvalue weighted by Gasteiger charge is 2.26. The second-order valence-electron chi connectivity index (χ2n) is 5.78. The van der Waals surface area contributed by atoms with E-state index in [0.717, 1.165) is 19.5 Å². The fourth-order valence-electron chi connectivity index (χ4n) is 2.75. The van der Waals surface area contributed by atoms with Crippen LogP contribution in [0.4, 0.5) is 0 Å². The summed E-state index contributed by atoms with van der Waals surface area (Å²) in [6, 6.07) is 9.02. The van der Waals surface area contributed by atoms with Crippen LogP contribution in [0, 0.1) is 0 Å². The Labute approximate surface area is 139 Å². The van der Waals surface area contributed by atoms with Crippen molar-refractivity contribution in [2.45, 2.75) is 65.0 Å². The number of hydrogen-bond acceptors (Lipinski definition) is 2. The van der Waals surface area contributed by atoms with Gasteiger partial charge in [-0.15, -0.1) is 0 Å². The van der Waals surface area contributed by atoms with Crippen LogP contribution in [0.5, 0.6) is 0 Å². The predicted octanol–water partition coefficient (Wildman–Crippen LogP) is 5.13. The number of nitrogens with zero attached hydrogens (tertiary/aromatic N) is 1. The van der Waals surface area contributed by atoms with Crippen molar-refractivity contribution in [1.82, 2.24) is 4.90 Å². The number of hydrogen-bond donors (Lipinski definition) is 1. The quantitative estimate of drug-likeness (QED) is 0.630. The maximum absolute atomic E-state index is 6.50. The van der Waals surface area contributed by atoms with E-state index >= 15 is 0 Å². The largest absolute Gasteiger partial charge is 0.326 e. The number of benzene rings is 1. The van der Waals surface area contributed by atoms with E-state index in [2.05, 4.69) is 65.9 Å². The molecule has 1 aromatic carbocycles. The van der Waals surface area contributed by atoms with Crippen LogP contribution in [0.3, 0.4) is 0 Å². The van der Waals surface area contributed by atoms with Crippen molar-refractivity contribution in [2.24, 2.45) is 5.73 Å². The first-order valence-corrected chi connectivity index (χ1v) is 9.18. The first-order chi connectivity index (χ1) is 10.2.